The van der Waals surface area contributed by atoms with E-state index in [1.807, 2.05) is 0 Å². The number of rotatable bonds is 0. The van der Waals surface area contributed by atoms with Gasteiger partial charge in [0.05, 0.1) is 0 Å². The first-order chi connectivity index (χ1) is 4.70. The first-order valence-electron chi connectivity index (χ1n) is 3.97. The molecule has 1 N–H and O–H groups in total. The van der Waals surface area contributed by atoms with Crippen molar-refractivity contribution in [1.29, 1.82) is 0 Å². The van der Waals surface area contributed by atoms with E-state index in [1.54, 1.807) is 0 Å². The van der Waals surface area contributed by atoms with Crippen LogP contribution < -0.4 is 5.32 Å². The summed E-state index contributed by atoms with van der Waals surface area (Å²) < 4.78 is 0. The van der Waals surface area contributed by atoms with E-state index in [1.165, 1.54) is 0 Å². The Morgan fingerprint density at radius 2 is 2.10 bits per heavy atom. The smallest absolute Gasteiger partial charge is 0.220 e. The number of carbonyl (C=O) groups excluding carboxylic acids is 1. The molecule has 0 aromatic heterocycles. The average Bonchev–Trinajstić information content (AvgIpc) is 2.04. The SMILES string of the molecule is C[C@H]1CCC(=O)NC[C@@H]1C. The number of carbonyl (C=O) groups is 1. The quantitative estimate of drug-likeness (QED) is 0.539. The third-order valence-electron chi connectivity index (χ3n) is 2.42. The Kier molecular flexibility index (Phi) is 2.30. The topological polar surface area (TPSA) is 29.1 Å². The highest BCUT2D eigenvalue weighted by molar-refractivity contribution is 5.76. The maximum atomic E-state index is 10.9. The van der Waals surface area contributed by atoms with E-state index < -0.39 is 0 Å². The van der Waals surface area contributed by atoms with Crippen molar-refractivity contribution in [3.05, 3.63) is 0 Å². The molecule has 0 radical (unpaired) electrons. The Morgan fingerprint density at radius 3 is 2.80 bits per heavy atom. The van der Waals surface area contributed by atoms with Gasteiger partial charge in [-0.15, -0.1) is 0 Å². The van der Waals surface area contributed by atoms with Crippen LogP contribution in [-0.4, -0.2) is 12.5 Å². The minimum Gasteiger partial charge on any atom is -0.356 e. The van der Waals surface area contributed by atoms with Crippen LogP contribution >= 0.6 is 0 Å². The second-order valence-corrected chi connectivity index (χ2v) is 3.30. The lowest BCUT2D eigenvalue weighted by atomic mass is 9.93. The predicted molar refractivity (Wildman–Crippen MR) is 40.6 cm³/mol. The standard InChI is InChI=1S/C8H15NO/c1-6-3-4-8(10)9-5-7(6)2/h6-7H,3-5H2,1-2H3,(H,9,10)/t6-,7-/m0/s1. The molecule has 0 aromatic carbocycles. The van der Waals surface area contributed by atoms with Gasteiger partial charge >= 0.3 is 0 Å². The molecule has 1 aliphatic heterocycles. The fourth-order valence-electron chi connectivity index (χ4n) is 1.21. The molecule has 1 aliphatic rings. The molecule has 10 heavy (non-hydrogen) atoms. The van der Waals surface area contributed by atoms with Gasteiger partial charge in [-0.1, -0.05) is 13.8 Å². The molecule has 0 unspecified atom stereocenters. The zero-order valence-electron chi connectivity index (χ0n) is 6.68. The maximum Gasteiger partial charge on any atom is 0.220 e. The Bertz CT molecular complexity index is 119. The normalized spacial score (nSPS) is 34.8. The lowest BCUT2D eigenvalue weighted by Gasteiger charge is -2.14. The molecule has 1 rings (SSSR count). The second kappa shape index (κ2) is 3.04. The summed E-state index contributed by atoms with van der Waals surface area (Å²) >= 11 is 0. The zero-order valence-corrected chi connectivity index (χ0v) is 6.68. The fraction of sp³-hybridized carbons (Fsp3) is 0.875. The minimum absolute atomic E-state index is 0.219. The van der Waals surface area contributed by atoms with Crippen LogP contribution in [0.25, 0.3) is 0 Å². The molecule has 0 aromatic rings. The molecular weight excluding hydrogens is 126 g/mol. The van der Waals surface area contributed by atoms with Crippen LogP contribution in [0, 0.1) is 11.8 Å². The highest BCUT2D eigenvalue weighted by Gasteiger charge is 2.18. The zero-order chi connectivity index (χ0) is 7.56. The molecule has 1 heterocycles. The molecule has 1 fully saturated rings. The molecule has 1 amide bonds. The van der Waals surface area contributed by atoms with Crippen molar-refractivity contribution >= 4 is 5.91 Å². The molecule has 2 atom stereocenters. The second-order valence-electron chi connectivity index (χ2n) is 3.30. The van der Waals surface area contributed by atoms with Gasteiger partial charge in [-0.05, 0) is 18.3 Å². The van der Waals surface area contributed by atoms with Crippen LogP contribution in [0.1, 0.15) is 26.7 Å². The van der Waals surface area contributed by atoms with Gasteiger partial charge in [-0.3, -0.25) is 4.79 Å². The van der Waals surface area contributed by atoms with Gasteiger partial charge in [-0.25, -0.2) is 0 Å². The van der Waals surface area contributed by atoms with Crippen molar-refractivity contribution in [3.63, 3.8) is 0 Å². The third-order valence-corrected chi connectivity index (χ3v) is 2.42. The minimum atomic E-state index is 0.219. The summed E-state index contributed by atoms with van der Waals surface area (Å²) in [6.07, 6.45) is 1.76. The summed E-state index contributed by atoms with van der Waals surface area (Å²) in [6, 6.07) is 0. The monoisotopic (exact) mass is 141 g/mol. The summed E-state index contributed by atoms with van der Waals surface area (Å²) in [5, 5.41) is 2.89. The molecule has 0 bridgehead atoms. The summed E-state index contributed by atoms with van der Waals surface area (Å²) in [5.41, 5.74) is 0. The first-order valence-corrected chi connectivity index (χ1v) is 3.97. The van der Waals surface area contributed by atoms with Gasteiger partial charge in [0.25, 0.3) is 0 Å². The lowest BCUT2D eigenvalue weighted by Crippen LogP contribution is -2.25. The van der Waals surface area contributed by atoms with Gasteiger partial charge in [0.1, 0.15) is 0 Å². The Hall–Kier alpha value is -0.530. The highest BCUT2D eigenvalue weighted by atomic mass is 16.1. The molecule has 0 aliphatic carbocycles. The van der Waals surface area contributed by atoms with Crippen molar-refractivity contribution in [1.82, 2.24) is 5.32 Å². The van der Waals surface area contributed by atoms with Crippen LogP contribution in [0.3, 0.4) is 0 Å². The Labute approximate surface area is 62.0 Å². The molecule has 1 saturated heterocycles. The van der Waals surface area contributed by atoms with Crippen molar-refractivity contribution in [2.75, 3.05) is 6.54 Å². The van der Waals surface area contributed by atoms with E-state index >= 15 is 0 Å². The van der Waals surface area contributed by atoms with Crippen molar-refractivity contribution < 1.29 is 4.79 Å². The highest BCUT2D eigenvalue weighted by Crippen LogP contribution is 2.18. The van der Waals surface area contributed by atoms with E-state index in [0.717, 1.165) is 13.0 Å². The number of nitrogens with one attached hydrogen (secondary N) is 1. The lowest BCUT2D eigenvalue weighted by molar-refractivity contribution is -0.120. The largest absolute Gasteiger partial charge is 0.356 e. The summed E-state index contributed by atoms with van der Waals surface area (Å²) in [4.78, 5) is 10.9. The van der Waals surface area contributed by atoms with E-state index in [-0.39, 0.29) is 5.91 Å². The van der Waals surface area contributed by atoms with Crippen molar-refractivity contribution in [2.24, 2.45) is 11.8 Å². The summed E-state index contributed by atoms with van der Waals surface area (Å²) in [6.45, 7) is 5.27. The fourth-order valence-corrected chi connectivity index (χ4v) is 1.21. The van der Waals surface area contributed by atoms with Gasteiger partial charge in [0.15, 0.2) is 0 Å². The van der Waals surface area contributed by atoms with Crippen LogP contribution in [0.15, 0.2) is 0 Å². The molecule has 0 spiro atoms. The predicted octanol–water partition coefficient (Wildman–Crippen LogP) is 1.17. The van der Waals surface area contributed by atoms with Gasteiger partial charge in [-0.2, -0.15) is 0 Å². The average molecular weight is 141 g/mol. The van der Waals surface area contributed by atoms with E-state index in [9.17, 15) is 4.79 Å². The van der Waals surface area contributed by atoms with Crippen LogP contribution in [-0.2, 0) is 4.79 Å². The van der Waals surface area contributed by atoms with Gasteiger partial charge in [0, 0.05) is 13.0 Å². The van der Waals surface area contributed by atoms with E-state index in [4.69, 9.17) is 0 Å². The van der Waals surface area contributed by atoms with E-state index in [2.05, 4.69) is 19.2 Å². The van der Waals surface area contributed by atoms with E-state index in [0.29, 0.717) is 18.3 Å². The number of hydrogen-bond acceptors (Lipinski definition) is 1. The number of hydrogen-bond donors (Lipinski definition) is 1. The molecule has 2 heteroatoms. The molecule has 0 saturated carbocycles. The van der Waals surface area contributed by atoms with Crippen molar-refractivity contribution in [3.8, 4) is 0 Å². The first kappa shape index (κ1) is 7.58. The Balaban J connectivity index is 2.46. The van der Waals surface area contributed by atoms with Crippen molar-refractivity contribution in [2.45, 2.75) is 26.7 Å². The molecule has 2 nitrogen and oxygen atoms in total. The van der Waals surface area contributed by atoms with Crippen LogP contribution in [0.5, 0.6) is 0 Å². The van der Waals surface area contributed by atoms with Gasteiger partial charge < -0.3 is 5.32 Å². The van der Waals surface area contributed by atoms with Crippen LogP contribution in [0.2, 0.25) is 0 Å². The maximum absolute atomic E-state index is 10.9. The van der Waals surface area contributed by atoms with Gasteiger partial charge in [0.2, 0.25) is 5.91 Å². The number of amides is 1. The summed E-state index contributed by atoms with van der Waals surface area (Å²) in [5.74, 6) is 1.56. The molecule has 58 valence electrons. The Morgan fingerprint density at radius 1 is 1.40 bits per heavy atom. The molecular formula is C8H15NO. The van der Waals surface area contributed by atoms with Crippen LogP contribution in [0.4, 0.5) is 0 Å². The summed E-state index contributed by atoms with van der Waals surface area (Å²) in [7, 11) is 0. The third kappa shape index (κ3) is 1.72.